The summed E-state index contributed by atoms with van der Waals surface area (Å²) in [7, 11) is 0. The Bertz CT molecular complexity index is 636. The lowest BCUT2D eigenvalue weighted by atomic mass is 9.97. The van der Waals surface area contributed by atoms with Crippen LogP contribution in [0.15, 0.2) is 42.5 Å². The minimum Gasteiger partial charge on any atom is -0.508 e. The topological polar surface area (TPSA) is 32.3 Å². The van der Waals surface area contributed by atoms with Gasteiger partial charge in [0.05, 0.1) is 0 Å². The molecular formula is C19H23NO. The molecule has 0 saturated carbocycles. The third-order valence-electron chi connectivity index (χ3n) is 4.66. The predicted octanol–water partition coefficient (Wildman–Crippen LogP) is 4.60. The lowest BCUT2D eigenvalue weighted by Gasteiger charge is -2.21. The van der Waals surface area contributed by atoms with Gasteiger partial charge in [-0.1, -0.05) is 43.3 Å². The Balaban J connectivity index is 1.88. The fraction of sp³-hybridized carbons (Fsp3) is 0.368. The van der Waals surface area contributed by atoms with Crippen molar-refractivity contribution >= 4 is 0 Å². The van der Waals surface area contributed by atoms with Gasteiger partial charge in [0, 0.05) is 17.6 Å². The normalized spacial score (nSPS) is 22.0. The summed E-state index contributed by atoms with van der Waals surface area (Å²) in [6.45, 7) is 6.57. The first-order valence-electron chi connectivity index (χ1n) is 7.71. The molecule has 21 heavy (non-hydrogen) atoms. The molecule has 0 bridgehead atoms. The zero-order valence-corrected chi connectivity index (χ0v) is 12.9. The number of aromatic hydroxyl groups is 1. The number of phenolic OH excluding ortho intramolecular Hbond substituents is 1. The molecule has 0 aromatic heterocycles. The molecule has 1 aliphatic rings. The number of hydrogen-bond donors (Lipinski definition) is 2. The molecule has 2 aromatic rings. The summed E-state index contributed by atoms with van der Waals surface area (Å²) in [5.41, 5.74) is 5.00. The maximum absolute atomic E-state index is 10.3. The van der Waals surface area contributed by atoms with E-state index in [9.17, 15) is 5.11 Å². The Morgan fingerprint density at radius 3 is 2.52 bits per heavy atom. The van der Waals surface area contributed by atoms with Crippen LogP contribution >= 0.6 is 0 Å². The Morgan fingerprint density at radius 1 is 1.10 bits per heavy atom. The zero-order valence-electron chi connectivity index (χ0n) is 12.9. The van der Waals surface area contributed by atoms with Crippen LogP contribution in [0.3, 0.4) is 0 Å². The molecule has 110 valence electrons. The molecule has 2 N–H and O–H groups in total. The van der Waals surface area contributed by atoms with Gasteiger partial charge < -0.3 is 10.4 Å². The quantitative estimate of drug-likeness (QED) is 0.861. The van der Waals surface area contributed by atoms with E-state index in [1.807, 2.05) is 18.2 Å². The van der Waals surface area contributed by atoms with E-state index in [-0.39, 0.29) is 12.1 Å². The molecule has 2 heteroatoms. The summed E-state index contributed by atoms with van der Waals surface area (Å²) in [4.78, 5) is 0. The molecule has 0 spiro atoms. The summed E-state index contributed by atoms with van der Waals surface area (Å²) in [6.07, 6.45) is 1.05. The Hall–Kier alpha value is -1.80. The van der Waals surface area contributed by atoms with E-state index in [2.05, 4.69) is 50.4 Å². The second kappa shape index (κ2) is 5.53. The van der Waals surface area contributed by atoms with Crippen LogP contribution in [0.4, 0.5) is 0 Å². The molecule has 3 rings (SSSR count). The highest BCUT2D eigenvalue weighted by atomic mass is 16.3. The van der Waals surface area contributed by atoms with E-state index in [1.165, 1.54) is 16.7 Å². The molecule has 3 atom stereocenters. The third-order valence-corrected chi connectivity index (χ3v) is 4.66. The van der Waals surface area contributed by atoms with Crippen molar-refractivity contribution in [2.75, 3.05) is 0 Å². The van der Waals surface area contributed by atoms with Gasteiger partial charge in [-0.05, 0) is 48.9 Å². The van der Waals surface area contributed by atoms with Gasteiger partial charge in [0.15, 0.2) is 0 Å². The van der Waals surface area contributed by atoms with Gasteiger partial charge in [0.1, 0.15) is 5.75 Å². The molecule has 0 heterocycles. The minimum absolute atomic E-state index is 0.227. The van der Waals surface area contributed by atoms with Gasteiger partial charge >= 0.3 is 0 Å². The largest absolute Gasteiger partial charge is 0.508 e. The highest BCUT2D eigenvalue weighted by Crippen LogP contribution is 2.46. The second-order valence-corrected chi connectivity index (χ2v) is 6.22. The Morgan fingerprint density at radius 2 is 1.81 bits per heavy atom. The Labute approximate surface area is 126 Å². The average Bonchev–Trinajstić information content (AvgIpc) is 2.81. The smallest absolute Gasteiger partial charge is 0.120 e. The molecule has 0 aliphatic heterocycles. The molecule has 0 radical (unpaired) electrons. The van der Waals surface area contributed by atoms with Crippen molar-refractivity contribution in [1.82, 2.24) is 5.32 Å². The summed E-state index contributed by atoms with van der Waals surface area (Å²) in [5, 5.41) is 14.0. The maximum Gasteiger partial charge on any atom is 0.120 e. The van der Waals surface area contributed by atoms with Crippen molar-refractivity contribution in [3.05, 3.63) is 64.7 Å². The molecule has 2 nitrogen and oxygen atoms in total. The number of aryl methyl sites for hydroxylation is 1. The van der Waals surface area contributed by atoms with E-state index in [0.29, 0.717) is 11.7 Å². The first kappa shape index (κ1) is 14.2. The van der Waals surface area contributed by atoms with Crippen molar-refractivity contribution in [3.8, 4) is 5.75 Å². The monoisotopic (exact) mass is 281 g/mol. The van der Waals surface area contributed by atoms with Crippen LogP contribution in [-0.4, -0.2) is 5.11 Å². The van der Waals surface area contributed by atoms with Gasteiger partial charge in [-0.2, -0.15) is 0 Å². The average molecular weight is 281 g/mol. The molecule has 2 unspecified atom stereocenters. The molecule has 2 aromatic carbocycles. The summed E-state index contributed by atoms with van der Waals surface area (Å²) < 4.78 is 0. The lowest BCUT2D eigenvalue weighted by molar-refractivity contribution is 0.422. The van der Waals surface area contributed by atoms with Gasteiger partial charge in [-0.3, -0.25) is 0 Å². The third kappa shape index (κ3) is 2.56. The fourth-order valence-electron chi connectivity index (χ4n) is 3.63. The highest BCUT2D eigenvalue weighted by Gasteiger charge is 2.32. The second-order valence-electron chi connectivity index (χ2n) is 6.22. The van der Waals surface area contributed by atoms with Gasteiger partial charge in [-0.15, -0.1) is 0 Å². The SMILES string of the molecule is Cc1ccc(O)c2c1C(C)CC2N[C@@H](C)c1ccccc1. The van der Waals surface area contributed by atoms with Crippen LogP contribution < -0.4 is 5.32 Å². The van der Waals surface area contributed by atoms with Crippen molar-refractivity contribution in [3.63, 3.8) is 0 Å². The summed E-state index contributed by atoms with van der Waals surface area (Å²) in [5.74, 6) is 0.922. The molecular weight excluding hydrogens is 258 g/mol. The number of benzene rings is 2. The van der Waals surface area contributed by atoms with Crippen LogP contribution in [0, 0.1) is 6.92 Å². The van der Waals surface area contributed by atoms with Crippen molar-refractivity contribution in [1.29, 1.82) is 0 Å². The van der Waals surface area contributed by atoms with E-state index < -0.39 is 0 Å². The predicted molar refractivity (Wildman–Crippen MR) is 86.6 cm³/mol. The van der Waals surface area contributed by atoms with Gasteiger partial charge in [-0.25, -0.2) is 0 Å². The highest BCUT2D eigenvalue weighted by molar-refractivity contribution is 5.51. The number of hydrogen-bond acceptors (Lipinski definition) is 2. The molecule has 1 aliphatic carbocycles. The van der Waals surface area contributed by atoms with Crippen molar-refractivity contribution in [2.24, 2.45) is 0 Å². The number of phenols is 1. The summed E-state index contributed by atoms with van der Waals surface area (Å²) >= 11 is 0. The standard InChI is InChI=1S/C19H23NO/c1-12-9-10-17(21)19-16(11-13(2)18(12)19)20-14(3)15-7-5-4-6-8-15/h4-10,13-14,16,20-21H,11H2,1-3H3/t13?,14-,16?/m0/s1. The van der Waals surface area contributed by atoms with Gasteiger partial charge in [0.2, 0.25) is 0 Å². The molecule has 0 amide bonds. The Kier molecular flexibility index (Phi) is 3.73. The van der Waals surface area contributed by atoms with Crippen molar-refractivity contribution < 1.29 is 5.11 Å². The number of nitrogens with one attached hydrogen (secondary N) is 1. The molecule has 0 fully saturated rings. The van der Waals surface area contributed by atoms with Gasteiger partial charge in [0.25, 0.3) is 0 Å². The van der Waals surface area contributed by atoms with Crippen LogP contribution in [0.2, 0.25) is 0 Å². The summed E-state index contributed by atoms with van der Waals surface area (Å²) in [6, 6.07) is 14.8. The number of fused-ring (bicyclic) bond motifs is 1. The van der Waals surface area contributed by atoms with E-state index >= 15 is 0 Å². The minimum atomic E-state index is 0.227. The fourth-order valence-corrected chi connectivity index (χ4v) is 3.63. The number of rotatable bonds is 3. The van der Waals surface area contributed by atoms with Crippen LogP contribution in [0.25, 0.3) is 0 Å². The van der Waals surface area contributed by atoms with Crippen LogP contribution in [0.5, 0.6) is 5.75 Å². The zero-order chi connectivity index (χ0) is 15.0. The first-order valence-corrected chi connectivity index (χ1v) is 7.71. The molecule has 0 saturated heterocycles. The maximum atomic E-state index is 10.3. The van der Waals surface area contributed by atoms with Crippen LogP contribution in [0.1, 0.15) is 60.5 Å². The van der Waals surface area contributed by atoms with Crippen LogP contribution in [-0.2, 0) is 0 Å². The first-order chi connectivity index (χ1) is 10.1. The van der Waals surface area contributed by atoms with E-state index in [1.54, 1.807) is 0 Å². The van der Waals surface area contributed by atoms with Crippen molar-refractivity contribution in [2.45, 2.75) is 45.2 Å². The lowest BCUT2D eigenvalue weighted by Crippen LogP contribution is -2.23. The van der Waals surface area contributed by atoms with E-state index in [4.69, 9.17) is 0 Å². The van der Waals surface area contributed by atoms with E-state index in [0.717, 1.165) is 12.0 Å².